The molecule has 31 heavy (non-hydrogen) atoms. The van der Waals surface area contributed by atoms with Crippen LogP contribution in [0.5, 0.6) is 11.5 Å². The minimum Gasteiger partial charge on any atom is -0.492 e. The molecule has 2 aliphatic rings. The SMILES string of the molecule is CC(CN1CCC2(CC1)COc1cc(OCc3c(Cl)cccc3Cl)ccc12)C(=O)O.Cl. The van der Waals surface area contributed by atoms with E-state index in [1.165, 1.54) is 5.56 Å². The number of halogens is 3. The number of aliphatic carboxylic acids is 1. The average molecular weight is 487 g/mol. The number of hydrogen-bond donors (Lipinski definition) is 1. The van der Waals surface area contributed by atoms with E-state index in [0.717, 1.165) is 43.0 Å². The summed E-state index contributed by atoms with van der Waals surface area (Å²) in [6.45, 7) is 5.06. The molecule has 1 atom stereocenters. The number of benzene rings is 2. The van der Waals surface area contributed by atoms with Crippen LogP contribution in [0, 0.1) is 5.92 Å². The molecule has 0 radical (unpaired) electrons. The van der Waals surface area contributed by atoms with Crippen LogP contribution >= 0.6 is 35.6 Å². The Morgan fingerprint density at radius 3 is 2.55 bits per heavy atom. The standard InChI is InChI=1S/C23H25Cl2NO4.ClH/c1-15(22(27)28)12-26-9-7-23(8-10-26)14-30-21-11-16(5-6-18(21)23)29-13-17-19(24)3-2-4-20(17)25;/h2-6,11,15H,7-10,12-14H2,1H3,(H,27,28);1H. The summed E-state index contributed by atoms with van der Waals surface area (Å²) < 4.78 is 12.0. The second-order valence-electron chi connectivity index (χ2n) is 8.26. The number of carboxylic acids is 1. The zero-order valence-electron chi connectivity index (χ0n) is 17.3. The lowest BCUT2D eigenvalue weighted by molar-refractivity contribution is -0.141. The summed E-state index contributed by atoms with van der Waals surface area (Å²) in [6, 6.07) is 11.4. The van der Waals surface area contributed by atoms with Crippen molar-refractivity contribution in [1.29, 1.82) is 0 Å². The van der Waals surface area contributed by atoms with E-state index in [9.17, 15) is 4.79 Å². The Hall–Kier alpha value is -1.66. The third-order valence-corrected chi connectivity index (χ3v) is 6.95. The topological polar surface area (TPSA) is 59.0 Å². The Labute approximate surface area is 198 Å². The fourth-order valence-corrected chi connectivity index (χ4v) is 4.82. The predicted molar refractivity (Wildman–Crippen MR) is 124 cm³/mol. The molecule has 0 aliphatic carbocycles. The van der Waals surface area contributed by atoms with Gasteiger partial charge in [0, 0.05) is 39.2 Å². The van der Waals surface area contributed by atoms with Gasteiger partial charge in [-0.1, -0.05) is 42.3 Å². The van der Waals surface area contributed by atoms with Gasteiger partial charge in [0.05, 0.1) is 12.5 Å². The number of rotatable bonds is 6. The number of nitrogens with zero attached hydrogens (tertiary/aromatic N) is 1. The highest BCUT2D eigenvalue weighted by Gasteiger charge is 2.43. The highest BCUT2D eigenvalue weighted by Crippen LogP contribution is 2.46. The predicted octanol–water partition coefficient (Wildman–Crippen LogP) is 5.44. The number of fused-ring (bicyclic) bond motifs is 2. The van der Waals surface area contributed by atoms with Gasteiger partial charge in [0.1, 0.15) is 18.1 Å². The van der Waals surface area contributed by atoms with Crippen molar-refractivity contribution in [3.63, 3.8) is 0 Å². The second-order valence-corrected chi connectivity index (χ2v) is 9.07. The van der Waals surface area contributed by atoms with Crippen molar-refractivity contribution >= 4 is 41.6 Å². The molecule has 0 saturated carbocycles. The summed E-state index contributed by atoms with van der Waals surface area (Å²) in [4.78, 5) is 13.4. The summed E-state index contributed by atoms with van der Waals surface area (Å²) in [6.07, 6.45) is 1.92. The molecule has 4 rings (SSSR count). The fourth-order valence-electron chi connectivity index (χ4n) is 4.31. The van der Waals surface area contributed by atoms with Crippen molar-refractivity contribution in [2.45, 2.75) is 31.8 Å². The van der Waals surface area contributed by atoms with Crippen molar-refractivity contribution in [1.82, 2.24) is 4.90 Å². The normalized spacial score (nSPS) is 18.0. The number of hydrogen-bond acceptors (Lipinski definition) is 4. The molecule has 5 nitrogen and oxygen atoms in total. The summed E-state index contributed by atoms with van der Waals surface area (Å²) >= 11 is 12.4. The van der Waals surface area contributed by atoms with Crippen molar-refractivity contribution in [3.05, 3.63) is 57.6 Å². The first-order valence-electron chi connectivity index (χ1n) is 10.2. The smallest absolute Gasteiger partial charge is 0.307 e. The largest absolute Gasteiger partial charge is 0.492 e. The van der Waals surface area contributed by atoms with Gasteiger partial charge in [-0.2, -0.15) is 0 Å². The van der Waals surface area contributed by atoms with E-state index < -0.39 is 5.97 Å². The van der Waals surface area contributed by atoms with Gasteiger partial charge in [-0.25, -0.2) is 0 Å². The molecule has 8 heteroatoms. The molecular formula is C23H26Cl3NO4. The van der Waals surface area contributed by atoms with Crippen molar-refractivity contribution in [3.8, 4) is 11.5 Å². The van der Waals surface area contributed by atoms with Gasteiger partial charge in [-0.05, 0) is 44.1 Å². The minimum absolute atomic E-state index is 0. The number of carboxylic acid groups (broad SMARTS) is 1. The van der Waals surface area contributed by atoms with Crippen LogP contribution in [0.1, 0.15) is 30.9 Å². The van der Waals surface area contributed by atoms with Gasteiger partial charge in [-0.15, -0.1) is 12.4 Å². The van der Waals surface area contributed by atoms with Crippen molar-refractivity contribution < 1.29 is 19.4 Å². The van der Waals surface area contributed by atoms with Gasteiger partial charge >= 0.3 is 5.97 Å². The van der Waals surface area contributed by atoms with Crippen LogP contribution in [0.15, 0.2) is 36.4 Å². The first-order valence-corrected chi connectivity index (χ1v) is 10.9. The lowest BCUT2D eigenvalue weighted by Crippen LogP contribution is -2.45. The third kappa shape index (κ3) is 5.06. The van der Waals surface area contributed by atoms with Crippen LogP contribution in [0.4, 0.5) is 0 Å². The molecule has 2 aliphatic heterocycles. The minimum atomic E-state index is -0.740. The van der Waals surface area contributed by atoms with Crippen molar-refractivity contribution in [2.24, 2.45) is 5.92 Å². The maximum absolute atomic E-state index is 11.1. The lowest BCUT2D eigenvalue weighted by Gasteiger charge is -2.39. The third-order valence-electron chi connectivity index (χ3n) is 6.24. The fraction of sp³-hybridized carbons (Fsp3) is 0.435. The molecule has 2 aromatic carbocycles. The van der Waals surface area contributed by atoms with E-state index in [4.69, 9.17) is 37.8 Å². The van der Waals surface area contributed by atoms with Crippen LogP contribution in [0.2, 0.25) is 10.0 Å². The van der Waals surface area contributed by atoms with Gasteiger partial charge in [0.15, 0.2) is 0 Å². The van der Waals surface area contributed by atoms with Crippen LogP contribution < -0.4 is 9.47 Å². The maximum Gasteiger partial charge on any atom is 0.307 e. The molecule has 1 spiro atoms. The molecule has 0 aromatic heterocycles. The van der Waals surface area contributed by atoms with Crippen LogP contribution in [-0.4, -0.2) is 42.2 Å². The second kappa shape index (κ2) is 9.86. The first kappa shape index (κ1) is 24.0. The quantitative estimate of drug-likeness (QED) is 0.589. The van der Waals surface area contributed by atoms with Crippen LogP contribution in [0.25, 0.3) is 0 Å². The molecule has 2 heterocycles. The zero-order chi connectivity index (χ0) is 21.3. The average Bonchev–Trinajstić information content (AvgIpc) is 3.07. The van der Waals surface area contributed by atoms with E-state index in [1.807, 2.05) is 18.2 Å². The van der Waals surface area contributed by atoms with E-state index in [0.29, 0.717) is 29.8 Å². The van der Waals surface area contributed by atoms with Gasteiger partial charge in [-0.3, -0.25) is 4.79 Å². The van der Waals surface area contributed by atoms with Gasteiger partial charge < -0.3 is 19.5 Å². The number of likely N-dealkylation sites (tertiary alicyclic amines) is 1. The van der Waals surface area contributed by atoms with Gasteiger partial charge in [0.25, 0.3) is 0 Å². The van der Waals surface area contributed by atoms with E-state index in [2.05, 4.69) is 11.0 Å². The highest BCUT2D eigenvalue weighted by atomic mass is 35.5. The van der Waals surface area contributed by atoms with Crippen LogP contribution in [0.3, 0.4) is 0 Å². The summed E-state index contributed by atoms with van der Waals surface area (Å²) in [5, 5.41) is 10.3. The Kier molecular flexibility index (Phi) is 7.63. The van der Waals surface area contributed by atoms with E-state index in [1.54, 1.807) is 19.1 Å². The van der Waals surface area contributed by atoms with E-state index >= 15 is 0 Å². The molecule has 1 N–H and O–H groups in total. The van der Waals surface area contributed by atoms with Crippen molar-refractivity contribution in [2.75, 3.05) is 26.2 Å². The molecule has 168 valence electrons. The molecule has 2 aromatic rings. The molecule has 1 saturated heterocycles. The maximum atomic E-state index is 11.1. The van der Waals surface area contributed by atoms with E-state index in [-0.39, 0.29) is 23.7 Å². The number of carbonyl (C=O) groups is 1. The number of piperidine rings is 1. The Balaban J connectivity index is 0.00000272. The summed E-state index contributed by atoms with van der Waals surface area (Å²) in [5.74, 6) is 0.493. The monoisotopic (exact) mass is 485 g/mol. The molecule has 1 unspecified atom stereocenters. The number of ether oxygens (including phenoxy) is 2. The summed E-state index contributed by atoms with van der Waals surface area (Å²) in [7, 11) is 0. The Morgan fingerprint density at radius 2 is 1.90 bits per heavy atom. The first-order chi connectivity index (χ1) is 14.4. The Bertz CT molecular complexity index is 924. The zero-order valence-corrected chi connectivity index (χ0v) is 19.6. The molecular weight excluding hydrogens is 461 g/mol. The molecule has 0 bridgehead atoms. The molecule has 1 fully saturated rings. The summed E-state index contributed by atoms with van der Waals surface area (Å²) in [5.41, 5.74) is 1.99. The molecule has 0 amide bonds. The van der Waals surface area contributed by atoms with Gasteiger partial charge in [0.2, 0.25) is 0 Å². The highest BCUT2D eigenvalue weighted by molar-refractivity contribution is 6.35. The lowest BCUT2D eigenvalue weighted by atomic mass is 9.74. The van der Waals surface area contributed by atoms with Crippen LogP contribution in [-0.2, 0) is 16.8 Å². The Morgan fingerprint density at radius 1 is 1.23 bits per heavy atom.